The third kappa shape index (κ3) is 4.23. The summed E-state index contributed by atoms with van der Waals surface area (Å²) < 4.78 is 35.8. The number of carbonyl (C=O) groups is 1. The second kappa shape index (κ2) is 7.81. The first-order valence-electron chi connectivity index (χ1n) is 8.75. The van der Waals surface area contributed by atoms with Gasteiger partial charge >= 0.3 is 0 Å². The molecule has 0 aliphatic rings. The fraction of sp³-hybridized carbons (Fsp3) is 0.143. The van der Waals surface area contributed by atoms with E-state index in [4.69, 9.17) is 9.15 Å². The van der Waals surface area contributed by atoms with E-state index >= 15 is 0 Å². The van der Waals surface area contributed by atoms with Crippen molar-refractivity contribution in [1.82, 2.24) is 4.98 Å². The van der Waals surface area contributed by atoms with Crippen LogP contribution < -0.4 is 4.74 Å². The molecule has 6 nitrogen and oxygen atoms in total. The van der Waals surface area contributed by atoms with E-state index in [1.54, 1.807) is 55.1 Å². The number of thiazole rings is 1. The van der Waals surface area contributed by atoms with Gasteiger partial charge in [-0.1, -0.05) is 12.1 Å². The molecule has 0 saturated carbocycles. The standard InChI is InChI=1S/C21H17NO5S2/c1-26-16-4-7-19-15(11-16)12-20(27-19)18(23)10-14-2-5-17(6-3-14)29(24,25)13-21-22-8-9-28-21/h2-9,11-12H,10,13H2,1H3. The van der Waals surface area contributed by atoms with Gasteiger partial charge in [-0.3, -0.25) is 4.79 Å². The summed E-state index contributed by atoms with van der Waals surface area (Å²) in [4.78, 5) is 16.8. The number of furan rings is 1. The summed E-state index contributed by atoms with van der Waals surface area (Å²) in [6, 6.07) is 13.4. The Morgan fingerprint density at radius 1 is 1.14 bits per heavy atom. The topological polar surface area (TPSA) is 86.5 Å². The fourth-order valence-corrected chi connectivity index (χ4v) is 5.20. The normalized spacial score (nSPS) is 11.6. The van der Waals surface area contributed by atoms with E-state index in [9.17, 15) is 13.2 Å². The highest BCUT2D eigenvalue weighted by Gasteiger charge is 2.18. The van der Waals surface area contributed by atoms with Gasteiger partial charge in [0.05, 0.1) is 12.0 Å². The molecule has 29 heavy (non-hydrogen) atoms. The lowest BCUT2D eigenvalue weighted by atomic mass is 10.1. The Kier molecular flexibility index (Phi) is 5.21. The zero-order valence-corrected chi connectivity index (χ0v) is 17.1. The Hall–Kier alpha value is -2.97. The molecule has 148 valence electrons. The van der Waals surface area contributed by atoms with E-state index in [2.05, 4.69) is 4.98 Å². The van der Waals surface area contributed by atoms with Crippen molar-refractivity contribution in [2.75, 3.05) is 7.11 Å². The summed E-state index contributed by atoms with van der Waals surface area (Å²) in [7, 11) is -1.89. The van der Waals surface area contributed by atoms with Gasteiger partial charge in [-0.25, -0.2) is 13.4 Å². The van der Waals surface area contributed by atoms with Crippen LogP contribution in [-0.2, 0) is 22.0 Å². The van der Waals surface area contributed by atoms with Crippen molar-refractivity contribution >= 4 is 37.9 Å². The van der Waals surface area contributed by atoms with Gasteiger partial charge in [-0.2, -0.15) is 0 Å². The van der Waals surface area contributed by atoms with Crippen molar-refractivity contribution < 1.29 is 22.4 Å². The van der Waals surface area contributed by atoms with E-state index in [1.807, 2.05) is 0 Å². The number of ketones is 1. The van der Waals surface area contributed by atoms with Crippen molar-refractivity contribution in [2.45, 2.75) is 17.1 Å². The molecule has 0 amide bonds. The molecule has 0 radical (unpaired) electrons. The average molecular weight is 428 g/mol. The molecule has 0 fully saturated rings. The van der Waals surface area contributed by atoms with E-state index in [0.717, 1.165) is 5.39 Å². The van der Waals surface area contributed by atoms with E-state index < -0.39 is 9.84 Å². The lowest BCUT2D eigenvalue weighted by Gasteiger charge is -2.04. The number of benzene rings is 2. The molecule has 0 saturated heterocycles. The van der Waals surface area contributed by atoms with Crippen LogP contribution in [0.2, 0.25) is 0 Å². The quantitative estimate of drug-likeness (QED) is 0.409. The van der Waals surface area contributed by atoms with Crippen LogP contribution in [0, 0.1) is 0 Å². The molecule has 0 spiro atoms. The molecule has 0 aliphatic carbocycles. The zero-order valence-electron chi connectivity index (χ0n) is 15.5. The fourth-order valence-electron chi connectivity index (χ4n) is 2.94. The SMILES string of the molecule is COc1ccc2oc(C(=O)Cc3ccc(S(=O)(=O)Cc4nccs4)cc3)cc2c1. The minimum absolute atomic E-state index is 0.115. The highest BCUT2D eigenvalue weighted by molar-refractivity contribution is 7.90. The Morgan fingerprint density at radius 2 is 1.93 bits per heavy atom. The van der Waals surface area contributed by atoms with Crippen molar-refractivity contribution in [1.29, 1.82) is 0 Å². The molecule has 0 atom stereocenters. The van der Waals surface area contributed by atoms with Gasteiger partial charge in [0.2, 0.25) is 5.78 Å². The van der Waals surface area contributed by atoms with Gasteiger partial charge in [-0.05, 0) is 42.0 Å². The molecule has 8 heteroatoms. The molecule has 0 aliphatic heterocycles. The third-order valence-electron chi connectivity index (χ3n) is 4.44. The number of sulfone groups is 1. The van der Waals surface area contributed by atoms with Gasteiger partial charge in [0.25, 0.3) is 0 Å². The number of carbonyl (C=O) groups excluding carboxylic acids is 1. The van der Waals surface area contributed by atoms with Crippen LogP contribution in [0.5, 0.6) is 5.75 Å². The molecular formula is C21H17NO5S2. The Labute approximate surface area is 171 Å². The van der Waals surface area contributed by atoms with Gasteiger partial charge in [0.15, 0.2) is 15.6 Å². The van der Waals surface area contributed by atoms with Crippen LogP contribution in [0.15, 0.2) is 69.4 Å². The highest BCUT2D eigenvalue weighted by atomic mass is 32.2. The second-order valence-electron chi connectivity index (χ2n) is 6.44. The summed E-state index contributed by atoms with van der Waals surface area (Å²) in [5.41, 5.74) is 1.32. The molecule has 0 unspecified atom stereocenters. The van der Waals surface area contributed by atoms with Crippen molar-refractivity contribution in [3.05, 3.63) is 76.4 Å². The van der Waals surface area contributed by atoms with Crippen LogP contribution in [0.4, 0.5) is 0 Å². The smallest absolute Gasteiger partial charge is 0.202 e. The summed E-state index contributed by atoms with van der Waals surface area (Å²) in [5, 5.41) is 3.08. The number of hydrogen-bond donors (Lipinski definition) is 0. The monoisotopic (exact) mass is 427 g/mol. The Bertz CT molecular complexity index is 1260. The minimum Gasteiger partial charge on any atom is -0.497 e. The van der Waals surface area contributed by atoms with Gasteiger partial charge in [0, 0.05) is 23.4 Å². The van der Waals surface area contributed by atoms with Crippen LogP contribution >= 0.6 is 11.3 Å². The first-order chi connectivity index (χ1) is 13.9. The number of rotatable bonds is 7. The van der Waals surface area contributed by atoms with Crippen molar-refractivity contribution in [2.24, 2.45) is 0 Å². The van der Waals surface area contributed by atoms with Crippen LogP contribution in [0.25, 0.3) is 11.0 Å². The van der Waals surface area contributed by atoms with Gasteiger partial charge in [0.1, 0.15) is 22.1 Å². The number of ether oxygens (including phenoxy) is 1. The van der Waals surface area contributed by atoms with E-state index in [-0.39, 0.29) is 28.6 Å². The first-order valence-corrected chi connectivity index (χ1v) is 11.3. The molecule has 2 aromatic carbocycles. The number of nitrogens with zero attached hydrogens (tertiary/aromatic N) is 1. The second-order valence-corrected chi connectivity index (χ2v) is 9.41. The predicted octanol–water partition coefficient (Wildman–Crippen LogP) is 4.30. The Morgan fingerprint density at radius 3 is 2.62 bits per heavy atom. The predicted molar refractivity (Wildman–Crippen MR) is 110 cm³/mol. The van der Waals surface area contributed by atoms with Crippen LogP contribution in [0.1, 0.15) is 21.1 Å². The van der Waals surface area contributed by atoms with Crippen LogP contribution in [0.3, 0.4) is 0 Å². The number of aromatic nitrogens is 1. The third-order valence-corrected chi connectivity index (χ3v) is 7.05. The number of fused-ring (bicyclic) bond motifs is 1. The van der Waals surface area contributed by atoms with Gasteiger partial charge in [-0.15, -0.1) is 11.3 Å². The number of hydrogen-bond acceptors (Lipinski definition) is 7. The molecule has 4 rings (SSSR count). The van der Waals surface area contributed by atoms with E-state index in [0.29, 0.717) is 21.9 Å². The van der Waals surface area contributed by atoms with Crippen molar-refractivity contribution in [3.63, 3.8) is 0 Å². The van der Waals surface area contributed by atoms with Gasteiger partial charge < -0.3 is 9.15 Å². The minimum atomic E-state index is -3.47. The molecule has 0 bridgehead atoms. The number of Topliss-reactive ketones (excluding diaryl/α,β-unsaturated/α-hetero) is 1. The maximum atomic E-state index is 12.6. The summed E-state index contributed by atoms with van der Waals surface area (Å²) in [6.07, 6.45) is 1.70. The number of methoxy groups -OCH3 is 1. The summed E-state index contributed by atoms with van der Waals surface area (Å²) in [5.74, 6) is 0.630. The average Bonchev–Trinajstić information content (AvgIpc) is 3.36. The lowest BCUT2D eigenvalue weighted by Crippen LogP contribution is -2.06. The molecule has 2 heterocycles. The molecular weight excluding hydrogens is 410 g/mol. The molecule has 0 N–H and O–H groups in total. The Balaban J connectivity index is 1.49. The first kappa shape index (κ1) is 19.4. The highest BCUT2D eigenvalue weighted by Crippen LogP contribution is 2.25. The van der Waals surface area contributed by atoms with E-state index in [1.165, 1.54) is 23.5 Å². The molecule has 4 aromatic rings. The summed E-state index contributed by atoms with van der Waals surface area (Å²) >= 11 is 1.30. The lowest BCUT2D eigenvalue weighted by molar-refractivity contribution is 0.0968. The van der Waals surface area contributed by atoms with Crippen LogP contribution in [-0.4, -0.2) is 26.3 Å². The molecule has 2 aromatic heterocycles. The van der Waals surface area contributed by atoms with Crippen molar-refractivity contribution in [3.8, 4) is 5.75 Å². The maximum absolute atomic E-state index is 12.6. The zero-order chi connectivity index (χ0) is 20.4. The summed E-state index contributed by atoms with van der Waals surface area (Å²) in [6.45, 7) is 0. The largest absolute Gasteiger partial charge is 0.497 e. The maximum Gasteiger partial charge on any atom is 0.202 e.